The van der Waals surface area contributed by atoms with Crippen LogP contribution >= 0.6 is 11.6 Å². The lowest BCUT2D eigenvalue weighted by Gasteiger charge is -2.17. The van der Waals surface area contributed by atoms with Gasteiger partial charge in [0.1, 0.15) is 0 Å². The van der Waals surface area contributed by atoms with E-state index < -0.39 is 0 Å². The van der Waals surface area contributed by atoms with Crippen LogP contribution < -0.4 is 5.32 Å². The van der Waals surface area contributed by atoms with Crippen molar-refractivity contribution in [2.45, 2.75) is 13.5 Å². The lowest BCUT2D eigenvalue weighted by Crippen LogP contribution is -2.26. The summed E-state index contributed by atoms with van der Waals surface area (Å²) in [6, 6.07) is 17.4. The van der Waals surface area contributed by atoms with E-state index in [1.54, 1.807) is 30.4 Å². The molecule has 132 valence electrons. The van der Waals surface area contributed by atoms with E-state index in [4.69, 9.17) is 11.6 Å². The van der Waals surface area contributed by atoms with E-state index in [0.29, 0.717) is 17.1 Å². The van der Waals surface area contributed by atoms with Gasteiger partial charge in [0.05, 0.1) is 17.4 Å². The SMILES string of the molecule is Cc1ccc(Nc2cncc(C(=O)N(C)Cc3ccccc3)c2)cc1Cl. The molecule has 1 N–H and O–H groups in total. The van der Waals surface area contributed by atoms with Crippen molar-refractivity contribution < 1.29 is 4.79 Å². The number of benzene rings is 2. The standard InChI is InChI=1S/C21H20ClN3O/c1-15-8-9-18(11-20(15)22)24-19-10-17(12-23-13-19)21(26)25(2)14-16-6-4-3-5-7-16/h3-13,24H,14H2,1-2H3. The summed E-state index contributed by atoms with van der Waals surface area (Å²) >= 11 is 6.16. The van der Waals surface area contributed by atoms with E-state index in [2.05, 4.69) is 10.3 Å². The van der Waals surface area contributed by atoms with Crippen LogP contribution in [0.1, 0.15) is 21.5 Å². The zero-order chi connectivity index (χ0) is 18.5. The minimum absolute atomic E-state index is 0.0769. The maximum absolute atomic E-state index is 12.7. The number of carbonyl (C=O) groups is 1. The second-order valence-corrected chi connectivity index (χ2v) is 6.61. The van der Waals surface area contributed by atoms with Crippen LogP contribution in [-0.2, 0) is 6.54 Å². The molecule has 1 amide bonds. The van der Waals surface area contributed by atoms with Crippen LogP contribution in [0, 0.1) is 6.92 Å². The van der Waals surface area contributed by atoms with Crippen molar-refractivity contribution in [1.29, 1.82) is 0 Å². The summed E-state index contributed by atoms with van der Waals surface area (Å²) in [5.74, 6) is -0.0769. The fourth-order valence-corrected chi connectivity index (χ4v) is 2.79. The Kier molecular flexibility index (Phi) is 5.54. The minimum atomic E-state index is -0.0769. The largest absolute Gasteiger partial charge is 0.354 e. The second-order valence-electron chi connectivity index (χ2n) is 6.20. The summed E-state index contributed by atoms with van der Waals surface area (Å²) < 4.78 is 0. The third-order valence-electron chi connectivity index (χ3n) is 4.05. The van der Waals surface area contributed by atoms with Gasteiger partial charge >= 0.3 is 0 Å². The van der Waals surface area contributed by atoms with Crippen molar-refractivity contribution >= 4 is 28.9 Å². The third kappa shape index (κ3) is 4.41. The molecule has 5 heteroatoms. The average molecular weight is 366 g/mol. The van der Waals surface area contributed by atoms with Gasteiger partial charge in [-0.25, -0.2) is 0 Å². The fraction of sp³-hybridized carbons (Fsp3) is 0.143. The Morgan fingerprint density at radius 1 is 1.08 bits per heavy atom. The van der Waals surface area contributed by atoms with Crippen molar-refractivity contribution in [2.75, 3.05) is 12.4 Å². The zero-order valence-corrected chi connectivity index (χ0v) is 15.5. The van der Waals surface area contributed by atoms with Crippen LogP contribution in [0.5, 0.6) is 0 Å². The number of halogens is 1. The van der Waals surface area contributed by atoms with Crippen molar-refractivity contribution in [3.8, 4) is 0 Å². The molecule has 0 spiro atoms. The van der Waals surface area contributed by atoms with E-state index >= 15 is 0 Å². The topological polar surface area (TPSA) is 45.2 Å². The highest BCUT2D eigenvalue weighted by Crippen LogP contribution is 2.23. The number of anilines is 2. The number of nitrogens with zero attached hydrogens (tertiary/aromatic N) is 2. The molecule has 0 aliphatic heterocycles. The Bertz CT molecular complexity index is 912. The van der Waals surface area contributed by atoms with Gasteiger partial charge in [0, 0.05) is 30.5 Å². The highest BCUT2D eigenvalue weighted by Gasteiger charge is 2.13. The van der Waals surface area contributed by atoms with E-state index in [9.17, 15) is 4.79 Å². The molecule has 0 atom stereocenters. The number of hydrogen-bond donors (Lipinski definition) is 1. The predicted molar refractivity (Wildman–Crippen MR) is 106 cm³/mol. The van der Waals surface area contributed by atoms with Gasteiger partial charge in [-0.2, -0.15) is 0 Å². The Morgan fingerprint density at radius 3 is 2.58 bits per heavy atom. The van der Waals surface area contributed by atoms with Crippen LogP contribution in [0.25, 0.3) is 0 Å². The Morgan fingerprint density at radius 2 is 1.85 bits per heavy atom. The van der Waals surface area contributed by atoms with Gasteiger partial charge in [0.15, 0.2) is 0 Å². The molecule has 0 fully saturated rings. The van der Waals surface area contributed by atoms with Crippen molar-refractivity contribution in [2.24, 2.45) is 0 Å². The van der Waals surface area contributed by atoms with Crippen LogP contribution in [-0.4, -0.2) is 22.8 Å². The second kappa shape index (κ2) is 8.02. The van der Waals surface area contributed by atoms with Gasteiger partial charge in [0.2, 0.25) is 0 Å². The van der Waals surface area contributed by atoms with Gasteiger partial charge in [-0.05, 0) is 36.2 Å². The molecule has 0 aliphatic carbocycles. The summed E-state index contributed by atoms with van der Waals surface area (Å²) in [7, 11) is 1.79. The lowest BCUT2D eigenvalue weighted by molar-refractivity contribution is 0.0784. The number of aryl methyl sites for hydroxylation is 1. The highest BCUT2D eigenvalue weighted by molar-refractivity contribution is 6.31. The molecule has 0 unspecified atom stereocenters. The first-order chi connectivity index (χ1) is 12.5. The summed E-state index contributed by atoms with van der Waals surface area (Å²) in [6.45, 7) is 2.50. The smallest absolute Gasteiger partial charge is 0.255 e. The number of hydrogen-bond acceptors (Lipinski definition) is 3. The van der Waals surface area contributed by atoms with Crippen molar-refractivity contribution in [1.82, 2.24) is 9.88 Å². The average Bonchev–Trinajstić information content (AvgIpc) is 2.65. The Balaban J connectivity index is 1.73. The summed E-state index contributed by atoms with van der Waals surface area (Å²) in [6.07, 6.45) is 3.26. The van der Waals surface area contributed by atoms with Crippen molar-refractivity contribution in [3.05, 3.63) is 88.7 Å². The molecular weight excluding hydrogens is 346 g/mol. The molecule has 0 saturated carbocycles. The molecule has 2 aromatic carbocycles. The molecule has 0 bridgehead atoms. The number of amides is 1. The molecule has 0 aliphatic rings. The molecular formula is C21H20ClN3O. The van der Waals surface area contributed by atoms with E-state index in [1.807, 2.05) is 55.5 Å². The summed E-state index contributed by atoms with van der Waals surface area (Å²) in [5, 5.41) is 3.93. The van der Waals surface area contributed by atoms with E-state index in [-0.39, 0.29) is 5.91 Å². The number of aromatic nitrogens is 1. The van der Waals surface area contributed by atoms with Gasteiger partial charge in [-0.1, -0.05) is 48.0 Å². The monoisotopic (exact) mass is 365 g/mol. The number of rotatable bonds is 5. The van der Waals surface area contributed by atoms with Gasteiger partial charge in [-0.15, -0.1) is 0 Å². The predicted octanol–water partition coefficient (Wildman–Crippen LogP) is 5.06. The Labute approximate surface area is 158 Å². The highest BCUT2D eigenvalue weighted by atomic mass is 35.5. The Hall–Kier alpha value is -2.85. The maximum Gasteiger partial charge on any atom is 0.255 e. The number of nitrogens with one attached hydrogen (secondary N) is 1. The van der Waals surface area contributed by atoms with E-state index in [1.165, 1.54) is 0 Å². The lowest BCUT2D eigenvalue weighted by atomic mass is 10.2. The molecule has 26 heavy (non-hydrogen) atoms. The molecule has 3 aromatic rings. The number of pyridine rings is 1. The molecule has 4 nitrogen and oxygen atoms in total. The minimum Gasteiger partial charge on any atom is -0.354 e. The van der Waals surface area contributed by atoms with Gasteiger partial charge in [0.25, 0.3) is 5.91 Å². The zero-order valence-electron chi connectivity index (χ0n) is 14.7. The van der Waals surface area contributed by atoms with Crippen molar-refractivity contribution in [3.63, 3.8) is 0 Å². The van der Waals surface area contributed by atoms with Crippen LogP contribution in [0.15, 0.2) is 67.0 Å². The van der Waals surface area contributed by atoms with Crippen LogP contribution in [0.3, 0.4) is 0 Å². The molecule has 1 heterocycles. The summed E-state index contributed by atoms with van der Waals surface area (Å²) in [5.41, 5.74) is 4.22. The normalized spacial score (nSPS) is 10.4. The van der Waals surface area contributed by atoms with Crippen LogP contribution in [0.2, 0.25) is 5.02 Å². The first-order valence-corrected chi connectivity index (χ1v) is 8.68. The van der Waals surface area contributed by atoms with Gasteiger partial charge in [-0.3, -0.25) is 9.78 Å². The molecule has 1 aromatic heterocycles. The maximum atomic E-state index is 12.7. The first-order valence-electron chi connectivity index (χ1n) is 8.30. The summed E-state index contributed by atoms with van der Waals surface area (Å²) in [4.78, 5) is 18.6. The number of carbonyl (C=O) groups excluding carboxylic acids is 1. The fourth-order valence-electron chi connectivity index (χ4n) is 2.61. The first kappa shape index (κ1) is 18.0. The molecule has 0 radical (unpaired) electrons. The quantitative estimate of drug-likeness (QED) is 0.687. The third-order valence-corrected chi connectivity index (χ3v) is 4.46. The van der Waals surface area contributed by atoms with Gasteiger partial charge < -0.3 is 10.2 Å². The molecule has 0 saturated heterocycles. The molecule has 3 rings (SSSR count). The van der Waals surface area contributed by atoms with E-state index in [0.717, 1.165) is 22.5 Å². The van der Waals surface area contributed by atoms with Crippen LogP contribution in [0.4, 0.5) is 11.4 Å².